The molecule has 0 spiro atoms. The number of rotatable bonds is 9. The molecule has 1 aromatic heterocycles. The highest BCUT2D eigenvalue weighted by molar-refractivity contribution is 9.10. The van der Waals surface area contributed by atoms with Crippen LogP contribution in [-0.4, -0.2) is 26.2 Å². The zero-order valence-electron chi connectivity index (χ0n) is 19.9. The van der Waals surface area contributed by atoms with E-state index in [9.17, 15) is 14.5 Å². The second-order valence-corrected chi connectivity index (χ2v) is 10.4. The summed E-state index contributed by atoms with van der Waals surface area (Å²) in [6.45, 7) is 5.54. The Hall–Kier alpha value is -3.24. The van der Waals surface area contributed by atoms with E-state index in [4.69, 9.17) is 4.74 Å². The van der Waals surface area contributed by atoms with Gasteiger partial charge in [0, 0.05) is 26.2 Å². The van der Waals surface area contributed by atoms with Crippen molar-refractivity contribution in [3.8, 4) is 11.4 Å². The summed E-state index contributed by atoms with van der Waals surface area (Å²) in [5, 5.41) is 20.1. The van der Waals surface area contributed by atoms with Crippen molar-refractivity contribution in [3.63, 3.8) is 0 Å². The summed E-state index contributed by atoms with van der Waals surface area (Å²) in [5.41, 5.74) is 4.17. The predicted octanol–water partition coefficient (Wildman–Crippen LogP) is 6.78. The van der Waals surface area contributed by atoms with Crippen LogP contribution in [0.15, 0.2) is 70.3 Å². The predicted molar refractivity (Wildman–Crippen MR) is 141 cm³/mol. The zero-order valence-corrected chi connectivity index (χ0v) is 22.3. The van der Waals surface area contributed by atoms with E-state index < -0.39 is 5.25 Å². The van der Waals surface area contributed by atoms with Crippen LogP contribution in [0.3, 0.4) is 0 Å². The van der Waals surface area contributed by atoms with Crippen molar-refractivity contribution in [2.75, 3.05) is 6.54 Å². The minimum absolute atomic E-state index is 0.00487. The lowest BCUT2D eigenvalue weighted by atomic mass is 10.1. The van der Waals surface area contributed by atoms with Crippen molar-refractivity contribution in [1.29, 1.82) is 0 Å². The third kappa shape index (κ3) is 5.93. The molecule has 0 aliphatic rings. The molecule has 0 bridgehead atoms. The van der Waals surface area contributed by atoms with E-state index in [0.717, 1.165) is 21.3 Å². The van der Waals surface area contributed by atoms with Crippen LogP contribution in [0.25, 0.3) is 5.69 Å². The van der Waals surface area contributed by atoms with Gasteiger partial charge in [0.2, 0.25) is 6.54 Å². The average molecular weight is 571 g/mol. The highest BCUT2D eigenvalue weighted by atomic mass is 79.9. The summed E-state index contributed by atoms with van der Waals surface area (Å²) in [5.74, 6) is 0.741. The van der Waals surface area contributed by atoms with Crippen LogP contribution >= 0.6 is 27.7 Å². The van der Waals surface area contributed by atoms with Gasteiger partial charge in [-0.2, -0.15) is 0 Å². The molecule has 3 aromatic carbocycles. The first kappa shape index (κ1) is 25.8. The minimum Gasteiger partial charge on any atom is -0.488 e. The van der Waals surface area contributed by atoms with E-state index in [2.05, 4.69) is 26.1 Å². The molecule has 0 N–H and O–H groups in total. The van der Waals surface area contributed by atoms with E-state index in [1.54, 1.807) is 36.4 Å². The highest BCUT2D eigenvalue weighted by Crippen LogP contribution is 2.41. The normalized spacial score (nSPS) is 11.9. The van der Waals surface area contributed by atoms with E-state index >= 15 is 0 Å². The molecule has 4 aromatic rings. The molecule has 0 unspecified atom stereocenters. The Morgan fingerprint density at radius 1 is 1.08 bits per heavy atom. The van der Waals surface area contributed by atoms with Crippen LogP contribution in [0.4, 0.5) is 4.39 Å². The summed E-state index contributed by atoms with van der Waals surface area (Å²) in [7, 11) is 0. The van der Waals surface area contributed by atoms with Crippen molar-refractivity contribution < 1.29 is 14.1 Å². The lowest BCUT2D eigenvalue weighted by Crippen LogP contribution is -2.13. The van der Waals surface area contributed by atoms with Crippen LogP contribution in [-0.2, 0) is 6.61 Å². The zero-order chi connectivity index (χ0) is 25.8. The molecule has 10 heteroatoms. The van der Waals surface area contributed by atoms with Crippen molar-refractivity contribution in [1.82, 2.24) is 14.8 Å². The maximum Gasteiger partial charge on any atom is 0.220 e. The molecular weight excluding hydrogens is 547 g/mol. The number of ether oxygens (including phenoxy) is 1. The van der Waals surface area contributed by atoms with Gasteiger partial charge in [0.1, 0.15) is 29.2 Å². The summed E-state index contributed by atoms with van der Waals surface area (Å²) in [6.07, 6.45) is 0. The van der Waals surface area contributed by atoms with Gasteiger partial charge < -0.3 is 4.74 Å². The standard InChI is InChI=1S/C26H24BrFN4O3S/c1-16-8-10-21(12-17(16)2)32-18(3)29-30-26(32)36-25(14-31(33)34)22-13-20(27)9-11-24(22)35-15-19-6-4-5-7-23(19)28/h4-13,25H,14-15H2,1-3H3/t25-/m0/s1. The Balaban J connectivity index is 1.70. The molecule has 0 radical (unpaired) electrons. The Kier molecular flexibility index (Phi) is 8.05. The Morgan fingerprint density at radius 2 is 1.86 bits per heavy atom. The molecule has 186 valence electrons. The van der Waals surface area contributed by atoms with Crippen LogP contribution < -0.4 is 4.74 Å². The van der Waals surface area contributed by atoms with Crippen molar-refractivity contribution in [3.05, 3.63) is 109 Å². The second kappa shape index (κ2) is 11.2. The first-order valence-corrected chi connectivity index (χ1v) is 12.8. The van der Waals surface area contributed by atoms with Gasteiger partial charge in [-0.1, -0.05) is 52.0 Å². The number of hydrogen-bond donors (Lipinski definition) is 0. The maximum absolute atomic E-state index is 14.1. The molecule has 36 heavy (non-hydrogen) atoms. The topological polar surface area (TPSA) is 83.1 Å². The molecule has 0 saturated heterocycles. The summed E-state index contributed by atoms with van der Waals surface area (Å²) in [4.78, 5) is 11.3. The largest absolute Gasteiger partial charge is 0.488 e. The van der Waals surface area contributed by atoms with E-state index in [1.807, 2.05) is 43.5 Å². The van der Waals surface area contributed by atoms with Gasteiger partial charge in [-0.15, -0.1) is 10.2 Å². The molecule has 1 heterocycles. The van der Waals surface area contributed by atoms with Crippen LogP contribution in [0.1, 0.15) is 33.3 Å². The molecule has 7 nitrogen and oxygen atoms in total. The van der Waals surface area contributed by atoms with Crippen LogP contribution in [0.2, 0.25) is 0 Å². The quantitative estimate of drug-likeness (QED) is 0.125. The lowest BCUT2D eigenvalue weighted by Gasteiger charge is -2.19. The summed E-state index contributed by atoms with van der Waals surface area (Å²) < 4.78 is 22.7. The van der Waals surface area contributed by atoms with Gasteiger partial charge in [-0.25, -0.2) is 4.39 Å². The number of thioether (sulfide) groups is 1. The number of benzene rings is 3. The monoisotopic (exact) mass is 570 g/mol. The Morgan fingerprint density at radius 3 is 2.58 bits per heavy atom. The molecule has 0 aliphatic carbocycles. The smallest absolute Gasteiger partial charge is 0.220 e. The highest BCUT2D eigenvalue weighted by Gasteiger charge is 2.27. The summed E-state index contributed by atoms with van der Waals surface area (Å²) in [6, 6.07) is 17.7. The average Bonchev–Trinajstić information content (AvgIpc) is 3.20. The van der Waals surface area contributed by atoms with Gasteiger partial charge in [-0.3, -0.25) is 14.7 Å². The third-order valence-corrected chi connectivity index (χ3v) is 7.42. The molecule has 0 aliphatic heterocycles. The molecular formula is C26H24BrFN4O3S. The van der Waals surface area contributed by atoms with Crippen LogP contribution in [0.5, 0.6) is 5.75 Å². The van der Waals surface area contributed by atoms with Crippen molar-refractivity contribution in [2.24, 2.45) is 0 Å². The molecule has 0 amide bonds. The van der Waals surface area contributed by atoms with Gasteiger partial charge in [0.05, 0.1) is 0 Å². The molecule has 0 fully saturated rings. The van der Waals surface area contributed by atoms with E-state index in [0.29, 0.717) is 27.9 Å². The van der Waals surface area contributed by atoms with Gasteiger partial charge >= 0.3 is 0 Å². The van der Waals surface area contributed by atoms with E-state index in [1.165, 1.54) is 17.8 Å². The fourth-order valence-electron chi connectivity index (χ4n) is 3.72. The SMILES string of the molecule is Cc1ccc(-n2c(C)nnc2S[C@@H](C[N+](=O)[O-])c2cc(Br)ccc2OCc2ccccc2F)cc1C. The Labute approximate surface area is 221 Å². The van der Waals surface area contributed by atoms with Gasteiger partial charge in [0.15, 0.2) is 5.16 Å². The number of halogens is 2. The molecule has 1 atom stereocenters. The fourth-order valence-corrected chi connectivity index (χ4v) is 5.29. The number of aromatic nitrogens is 3. The minimum atomic E-state index is -0.637. The molecule has 0 saturated carbocycles. The Bertz CT molecular complexity index is 1410. The van der Waals surface area contributed by atoms with E-state index in [-0.39, 0.29) is 23.9 Å². The number of nitrogens with zero attached hydrogens (tertiary/aromatic N) is 4. The van der Waals surface area contributed by atoms with Crippen molar-refractivity contribution >= 4 is 27.7 Å². The maximum atomic E-state index is 14.1. The number of aryl methyl sites for hydroxylation is 3. The third-order valence-electron chi connectivity index (χ3n) is 5.77. The number of nitro groups is 1. The lowest BCUT2D eigenvalue weighted by molar-refractivity contribution is -0.479. The number of hydrogen-bond acceptors (Lipinski definition) is 6. The van der Waals surface area contributed by atoms with Gasteiger partial charge in [-0.05, 0) is 68.3 Å². The van der Waals surface area contributed by atoms with Crippen LogP contribution in [0, 0.1) is 36.7 Å². The first-order chi connectivity index (χ1) is 17.2. The second-order valence-electron chi connectivity index (χ2n) is 8.32. The fraction of sp³-hybridized carbons (Fsp3) is 0.231. The summed E-state index contributed by atoms with van der Waals surface area (Å²) >= 11 is 4.71. The molecule has 4 rings (SSSR count). The van der Waals surface area contributed by atoms with Crippen molar-refractivity contribution in [2.45, 2.75) is 37.8 Å². The first-order valence-electron chi connectivity index (χ1n) is 11.2. The van der Waals surface area contributed by atoms with Gasteiger partial charge in [0.25, 0.3) is 0 Å².